The van der Waals surface area contributed by atoms with Crippen molar-refractivity contribution in [3.05, 3.63) is 53.9 Å². The summed E-state index contributed by atoms with van der Waals surface area (Å²) in [6.07, 6.45) is 2.78. The topological polar surface area (TPSA) is 29.9 Å². The van der Waals surface area contributed by atoms with Gasteiger partial charge in [0.15, 0.2) is 0 Å². The molecule has 18 heavy (non-hydrogen) atoms. The van der Waals surface area contributed by atoms with Crippen molar-refractivity contribution in [2.45, 2.75) is 12.5 Å². The van der Waals surface area contributed by atoms with E-state index in [0.717, 1.165) is 13.0 Å². The molecule has 0 spiro atoms. The van der Waals surface area contributed by atoms with Crippen LogP contribution in [0.4, 0.5) is 0 Å². The number of aromatic nitrogens is 2. The Kier molecular flexibility index (Phi) is 4.79. The summed E-state index contributed by atoms with van der Waals surface area (Å²) in [5.41, 5.74) is 2.46. The highest BCUT2D eigenvalue weighted by atomic mass is 35.5. The molecule has 0 saturated carbocycles. The van der Waals surface area contributed by atoms with E-state index >= 15 is 0 Å². The summed E-state index contributed by atoms with van der Waals surface area (Å²) < 4.78 is 1.90. The smallest absolute Gasteiger partial charge is 0.0492 e. The van der Waals surface area contributed by atoms with Gasteiger partial charge in [0.2, 0.25) is 0 Å². The predicted molar refractivity (Wildman–Crippen MR) is 74.8 cm³/mol. The van der Waals surface area contributed by atoms with Crippen molar-refractivity contribution >= 4 is 11.6 Å². The lowest BCUT2D eigenvalue weighted by Gasteiger charge is -2.16. The van der Waals surface area contributed by atoms with Crippen LogP contribution in [-0.2, 0) is 13.5 Å². The lowest BCUT2D eigenvalue weighted by atomic mass is 10.1. The Morgan fingerprint density at radius 1 is 1.28 bits per heavy atom. The molecule has 1 N–H and O–H groups in total. The third-order valence-corrected chi connectivity index (χ3v) is 3.36. The number of halogens is 1. The number of rotatable bonds is 6. The molecule has 0 aliphatic heterocycles. The highest BCUT2D eigenvalue weighted by Crippen LogP contribution is 2.13. The van der Waals surface area contributed by atoms with Crippen LogP contribution in [0.5, 0.6) is 0 Å². The molecule has 1 unspecified atom stereocenters. The zero-order chi connectivity index (χ0) is 12.8. The highest BCUT2D eigenvalue weighted by molar-refractivity contribution is 6.18. The maximum absolute atomic E-state index is 6.01. The van der Waals surface area contributed by atoms with E-state index in [9.17, 15) is 0 Å². The first-order valence-electron chi connectivity index (χ1n) is 6.12. The molecule has 0 amide bonds. The van der Waals surface area contributed by atoms with Gasteiger partial charge >= 0.3 is 0 Å². The van der Waals surface area contributed by atoms with Gasteiger partial charge in [-0.1, -0.05) is 30.3 Å². The monoisotopic (exact) mass is 263 g/mol. The molecule has 2 rings (SSSR count). The molecule has 1 heterocycles. The number of hydrogen-bond donors (Lipinski definition) is 1. The lowest BCUT2D eigenvalue weighted by Crippen LogP contribution is -2.25. The molecule has 0 fully saturated rings. The normalized spacial score (nSPS) is 12.6. The SMILES string of the molecule is Cn1nccc1CCNC(CCl)c1ccccc1. The van der Waals surface area contributed by atoms with Crippen LogP contribution < -0.4 is 5.32 Å². The first kappa shape index (κ1) is 13.1. The fourth-order valence-electron chi connectivity index (χ4n) is 1.97. The van der Waals surface area contributed by atoms with Crippen molar-refractivity contribution in [2.75, 3.05) is 12.4 Å². The van der Waals surface area contributed by atoms with Crippen LogP contribution in [0.1, 0.15) is 17.3 Å². The Morgan fingerprint density at radius 3 is 2.67 bits per heavy atom. The number of benzene rings is 1. The molecule has 1 atom stereocenters. The fourth-order valence-corrected chi connectivity index (χ4v) is 2.26. The Labute approximate surface area is 113 Å². The second kappa shape index (κ2) is 6.57. The molecule has 0 saturated heterocycles. The minimum absolute atomic E-state index is 0.209. The molecule has 0 bridgehead atoms. The van der Waals surface area contributed by atoms with Gasteiger partial charge < -0.3 is 5.32 Å². The minimum Gasteiger partial charge on any atom is -0.309 e. The molecule has 1 aromatic carbocycles. The van der Waals surface area contributed by atoms with Gasteiger partial charge in [0.1, 0.15) is 0 Å². The van der Waals surface area contributed by atoms with Crippen molar-refractivity contribution in [3.8, 4) is 0 Å². The first-order valence-corrected chi connectivity index (χ1v) is 6.66. The van der Waals surface area contributed by atoms with Crippen LogP contribution in [0.15, 0.2) is 42.6 Å². The second-order valence-electron chi connectivity index (χ2n) is 4.27. The Morgan fingerprint density at radius 2 is 2.06 bits per heavy atom. The molecular weight excluding hydrogens is 246 g/mol. The number of nitrogens with zero attached hydrogens (tertiary/aromatic N) is 2. The van der Waals surface area contributed by atoms with Crippen molar-refractivity contribution in [1.29, 1.82) is 0 Å². The summed E-state index contributed by atoms with van der Waals surface area (Å²) in [4.78, 5) is 0. The molecule has 0 aliphatic carbocycles. The largest absolute Gasteiger partial charge is 0.309 e. The van der Waals surface area contributed by atoms with Crippen molar-refractivity contribution in [3.63, 3.8) is 0 Å². The van der Waals surface area contributed by atoms with E-state index in [1.165, 1.54) is 11.3 Å². The number of nitrogens with one attached hydrogen (secondary N) is 1. The number of hydrogen-bond acceptors (Lipinski definition) is 2. The van der Waals surface area contributed by atoms with Crippen molar-refractivity contribution < 1.29 is 0 Å². The summed E-state index contributed by atoms with van der Waals surface area (Å²) in [6.45, 7) is 0.895. The molecule has 4 heteroatoms. The van der Waals surface area contributed by atoms with E-state index in [-0.39, 0.29) is 6.04 Å². The first-order chi connectivity index (χ1) is 8.81. The van der Waals surface area contributed by atoms with Gasteiger partial charge in [-0.25, -0.2) is 0 Å². The zero-order valence-electron chi connectivity index (χ0n) is 10.5. The van der Waals surface area contributed by atoms with Gasteiger partial charge in [0, 0.05) is 43.8 Å². The minimum atomic E-state index is 0.209. The number of aryl methyl sites for hydroxylation is 1. The quantitative estimate of drug-likeness (QED) is 0.812. The molecule has 0 radical (unpaired) electrons. The Hall–Kier alpha value is -1.32. The predicted octanol–water partition coefficient (Wildman–Crippen LogP) is 2.53. The summed E-state index contributed by atoms with van der Waals surface area (Å²) >= 11 is 6.01. The van der Waals surface area contributed by atoms with E-state index in [1.54, 1.807) is 0 Å². The van der Waals surface area contributed by atoms with Crippen LogP contribution >= 0.6 is 11.6 Å². The third-order valence-electron chi connectivity index (χ3n) is 3.05. The molecule has 96 valence electrons. The molecule has 1 aromatic heterocycles. The van der Waals surface area contributed by atoms with Crippen LogP contribution in [0, 0.1) is 0 Å². The maximum Gasteiger partial charge on any atom is 0.0492 e. The van der Waals surface area contributed by atoms with Crippen molar-refractivity contribution in [1.82, 2.24) is 15.1 Å². The van der Waals surface area contributed by atoms with Gasteiger partial charge in [-0.3, -0.25) is 4.68 Å². The third kappa shape index (κ3) is 3.34. The van der Waals surface area contributed by atoms with Crippen LogP contribution in [0.3, 0.4) is 0 Å². The Bertz CT molecular complexity index is 467. The van der Waals surface area contributed by atoms with Crippen LogP contribution in [0.2, 0.25) is 0 Å². The summed E-state index contributed by atoms with van der Waals surface area (Å²) in [7, 11) is 1.96. The molecule has 3 nitrogen and oxygen atoms in total. The maximum atomic E-state index is 6.01. The van der Waals surface area contributed by atoms with Gasteiger partial charge in [-0.2, -0.15) is 5.10 Å². The van der Waals surface area contributed by atoms with Gasteiger partial charge in [0.05, 0.1) is 0 Å². The summed E-state index contributed by atoms with van der Waals surface area (Å²) in [5.74, 6) is 0.579. The van der Waals surface area contributed by atoms with Gasteiger partial charge in [-0.15, -0.1) is 11.6 Å². The van der Waals surface area contributed by atoms with E-state index in [2.05, 4.69) is 22.5 Å². The summed E-state index contributed by atoms with van der Waals surface area (Å²) in [5, 5.41) is 7.63. The Balaban J connectivity index is 1.87. The van der Waals surface area contributed by atoms with E-state index in [0.29, 0.717) is 5.88 Å². The molecular formula is C14H18ClN3. The second-order valence-corrected chi connectivity index (χ2v) is 4.58. The fraction of sp³-hybridized carbons (Fsp3) is 0.357. The van der Waals surface area contributed by atoms with E-state index in [1.807, 2.05) is 42.2 Å². The average Bonchev–Trinajstić information content (AvgIpc) is 2.81. The highest BCUT2D eigenvalue weighted by Gasteiger charge is 2.08. The number of alkyl halides is 1. The zero-order valence-corrected chi connectivity index (χ0v) is 11.3. The lowest BCUT2D eigenvalue weighted by molar-refractivity contribution is 0.568. The van der Waals surface area contributed by atoms with Gasteiger partial charge in [-0.05, 0) is 11.6 Å². The average molecular weight is 264 g/mol. The summed E-state index contributed by atoms with van der Waals surface area (Å²) in [6, 6.07) is 12.6. The van der Waals surface area contributed by atoms with Crippen molar-refractivity contribution in [2.24, 2.45) is 7.05 Å². The van der Waals surface area contributed by atoms with Gasteiger partial charge in [0.25, 0.3) is 0 Å². The molecule has 0 aliphatic rings. The standard InChI is InChI=1S/C14H18ClN3/c1-18-13(8-10-17-18)7-9-16-14(11-15)12-5-3-2-4-6-12/h2-6,8,10,14,16H,7,9,11H2,1H3. The van der Waals surface area contributed by atoms with Crippen LogP contribution in [-0.4, -0.2) is 22.2 Å². The van der Waals surface area contributed by atoms with Crippen LogP contribution in [0.25, 0.3) is 0 Å². The van der Waals surface area contributed by atoms with E-state index in [4.69, 9.17) is 11.6 Å². The molecule has 2 aromatic rings. The van der Waals surface area contributed by atoms with E-state index < -0.39 is 0 Å².